The van der Waals surface area contributed by atoms with Gasteiger partial charge in [0.1, 0.15) is 0 Å². The Morgan fingerprint density at radius 2 is 2.33 bits per heavy atom. The van der Waals surface area contributed by atoms with Gasteiger partial charge in [-0.15, -0.1) is 0 Å². The Morgan fingerprint density at radius 1 is 1.40 bits per heavy atom. The number of aromatic nitrogens is 1. The van der Waals surface area contributed by atoms with Crippen LogP contribution in [0.25, 0.3) is 5.57 Å². The highest BCUT2D eigenvalue weighted by Crippen LogP contribution is 2.34. The van der Waals surface area contributed by atoms with Crippen molar-refractivity contribution >= 4 is 21.5 Å². The maximum absolute atomic E-state index is 4.21. The molecule has 1 aromatic rings. The Balaban J connectivity index is 1.91. The molecule has 0 radical (unpaired) electrons. The third-order valence-electron chi connectivity index (χ3n) is 3.36. The number of nitrogens with one attached hydrogen (secondary N) is 1. The highest BCUT2D eigenvalue weighted by atomic mass is 79.9. The van der Waals surface area contributed by atoms with Crippen LogP contribution in [-0.4, -0.2) is 17.6 Å². The van der Waals surface area contributed by atoms with E-state index in [9.17, 15) is 0 Å². The van der Waals surface area contributed by atoms with Crippen molar-refractivity contribution in [3.05, 3.63) is 34.6 Å². The molecule has 1 aliphatic carbocycles. The zero-order valence-corrected chi connectivity index (χ0v) is 10.00. The molecule has 2 nitrogen and oxygen atoms in total. The van der Waals surface area contributed by atoms with Crippen LogP contribution >= 0.6 is 15.9 Å². The van der Waals surface area contributed by atoms with E-state index in [4.69, 9.17) is 0 Å². The molecule has 0 amide bonds. The molecule has 1 aliphatic heterocycles. The number of allylic oxidation sites excluding steroid dienone is 1. The van der Waals surface area contributed by atoms with Crippen LogP contribution in [0.4, 0.5) is 0 Å². The molecular weight excluding hydrogens is 252 g/mol. The summed E-state index contributed by atoms with van der Waals surface area (Å²) in [4.78, 5) is 4.21. The fourth-order valence-electron chi connectivity index (χ4n) is 2.37. The van der Waals surface area contributed by atoms with E-state index in [1.54, 1.807) is 0 Å². The Kier molecular flexibility index (Phi) is 2.37. The molecule has 78 valence electrons. The summed E-state index contributed by atoms with van der Waals surface area (Å²) in [5.74, 6) is 0.883. The zero-order chi connectivity index (χ0) is 10.3. The molecule has 15 heavy (non-hydrogen) atoms. The fraction of sp³-hybridized carbons (Fsp3) is 0.417. The number of fused-ring (bicyclic) bond motifs is 1. The first-order chi connectivity index (χ1) is 7.33. The molecule has 0 saturated carbocycles. The highest BCUT2D eigenvalue weighted by Gasteiger charge is 2.31. The first kappa shape index (κ1) is 9.55. The van der Waals surface area contributed by atoms with Gasteiger partial charge < -0.3 is 5.32 Å². The predicted octanol–water partition coefficient (Wildman–Crippen LogP) is 2.61. The summed E-state index contributed by atoms with van der Waals surface area (Å²) in [5, 5.41) is 3.45. The van der Waals surface area contributed by atoms with E-state index in [1.165, 1.54) is 30.5 Å². The van der Waals surface area contributed by atoms with E-state index < -0.39 is 0 Å². The molecule has 2 unspecified atom stereocenters. The molecule has 1 fully saturated rings. The summed E-state index contributed by atoms with van der Waals surface area (Å²) >= 11 is 3.46. The summed E-state index contributed by atoms with van der Waals surface area (Å²) in [6.07, 6.45) is 8.67. The summed E-state index contributed by atoms with van der Waals surface area (Å²) < 4.78 is 1.06. The van der Waals surface area contributed by atoms with Crippen LogP contribution in [0, 0.1) is 5.92 Å². The maximum atomic E-state index is 4.21. The lowest BCUT2D eigenvalue weighted by Gasteiger charge is -2.40. The number of nitrogens with zero attached hydrogens (tertiary/aromatic N) is 1. The molecular formula is C12H13BrN2. The van der Waals surface area contributed by atoms with E-state index in [2.05, 4.69) is 38.4 Å². The summed E-state index contributed by atoms with van der Waals surface area (Å²) in [6.45, 7) is 1.20. The van der Waals surface area contributed by atoms with E-state index in [0.717, 1.165) is 10.4 Å². The van der Waals surface area contributed by atoms with Gasteiger partial charge in [0.2, 0.25) is 0 Å². The Hall–Kier alpha value is -0.670. The lowest BCUT2D eigenvalue weighted by Crippen LogP contribution is -2.52. The van der Waals surface area contributed by atoms with Crippen LogP contribution in [0.2, 0.25) is 0 Å². The number of halogens is 1. The Bertz CT molecular complexity index is 414. The quantitative estimate of drug-likeness (QED) is 0.844. The smallest absolute Gasteiger partial charge is 0.0410 e. The SMILES string of the molecule is Brc1cncc(C2=CC3NCC3CC2)c1. The maximum Gasteiger partial charge on any atom is 0.0410 e. The fourth-order valence-corrected chi connectivity index (χ4v) is 2.73. The lowest BCUT2D eigenvalue weighted by molar-refractivity contribution is 0.256. The summed E-state index contributed by atoms with van der Waals surface area (Å²) in [5.41, 5.74) is 2.70. The van der Waals surface area contributed by atoms with E-state index in [-0.39, 0.29) is 0 Å². The normalized spacial score (nSPS) is 29.0. The molecule has 1 saturated heterocycles. The van der Waals surface area contributed by atoms with Gasteiger partial charge >= 0.3 is 0 Å². The minimum absolute atomic E-state index is 0.618. The van der Waals surface area contributed by atoms with E-state index in [0.29, 0.717) is 6.04 Å². The minimum atomic E-state index is 0.618. The molecule has 0 aromatic carbocycles. The standard InChI is InChI=1S/C12H13BrN2/c13-11-3-10(5-14-7-11)8-1-2-9-6-15-12(9)4-8/h3-5,7,9,12,15H,1-2,6H2. The van der Waals surface area contributed by atoms with Gasteiger partial charge in [-0.1, -0.05) is 6.08 Å². The second kappa shape index (κ2) is 3.72. The van der Waals surface area contributed by atoms with Crippen molar-refractivity contribution in [3.63, 3.8) is 0 Å². The first-order valence-corrected chi connectivity index (χ1v) is 6.17. The predicted molar refractivity (Wildman–Crippen MR) is 64.4 cm³/mol. The van der Waals surface area contributed by atoms with Crippen LogP contribution in [0.15, 0.2) is 29.0 Å². The van der Waals surface area contributed by atoms with Crippen molar-refractivity contribution in [3.8, 4) is 0 Å². The van der Waals surface area contributed by atoms with Crippen molar-refractivity contribution in [2.45, 2.75) is 18.9 Å². The third-order valence-corrected chi connectivity index (χ3v) is 3.80. The van der Waals surface area contributed by atoms with Crippen LogP contribution in [-0.2, 0) is 0 Å². The number of pyridine rings is 1. The molecule has 2 aliphatic rings. The first-order valence-electron chi connectivity index (χ1n) is 5.38. The Morgan fingerprint density at radius 3 is 3.00 bits per heavy atom. The minimum Gasteiger partial charge on any atom is -0.310 e. The lowest BCUT2D eigenvalue weighted by atomic mass is 9.79. The van der Waals surface area contributed by atoms with Crippen LogP contribution in [0.5, 0.6) is 0 Å². The largest absolute Gasteiger partial charge is 0.310 e. The van der Waals surface area contributed by atoms with E-state index >= 15 is 0 Å². The molecule has 0 bridgehead atoms. The van der Waals surface area contributed by atoms with Crippen molar-refractivity contribution in [2.75, 3.05) is 6.54 Å². The van der Waals surface area contributed by atoms with Crippen molar-refractivity contribution in [2.24, 2.45) is 5.92 Å². The van der Waals surface area contributed by atoms with Gasteiger partial charge in [-0.3, -0.25) is 4.98 Å². The topological polar surface area (TPSA) is 24.9 Å². The van der Waals surface area contributed by atoms with Gasteiger partial charge in [-0.2, -0.15) is 0 Å². The van der Waals surface area contributed by atoms with Crippen LogP contribution in [0.3, 0.4) is 0 Å². The highest BCUT2D eigenvalue weighted by molar-refractivity contribution is 9.10. The molecule has 3 heteroatoms. The van der Waals surface area contributed by atoms with Crippen LogP contribution in [0.1, 0.15) is 18.4 Å². The van der Waals surface area contributed by atoms with Crippen LogP contribution < -0.4 is 5.32 Å². The second-order valence-electron chi connectivity index (χ2n) is 4.32. The third kappa shape index (κ3) is 1.74. The molecule has 2 atom stereocenters. The van der Waals surface area contributed by atoms with Crippen molar-refractivity contribution in [1.29, 1.82) is 0 Å². The second-order valence-corrected chi connectivity index (χ2v) is 5.23. The number of hydrogen-bond donors (Lipinski definition) is 1. The average molecular weight is 265 g/mol. The van der Waals surface area contributed by atoms with Gasteiger partial charge in [-0.05, 0) is 51.9 Å². The monoisotopic (exact) mass is 264 g/mol. The van der Waals surface area contributed by atoms with Gasteiger partial charge in [-0.25, -0.2) is 0 Å². The number of hydrogen-bond acceptors (Lipinski definition) is 2. The van der Waals surface area contributed by atoms with Crippen molar-refractivity contribution < 1.29 is 0 Å². The average Bonchev–Trinajstić information content (AvgIpc) is 2.20. The van der Waals surface area contributed by atoms with Crippen molar-refractivity contribution in [1.82, 2.24) is 10.3 Å². The van der Waals surface area contributed by atoms with Gasteiger partial charge in [0, 0.05) is 29.5 Å². The van der Waals surface area contributed by atoms with Gasteiger partial charge in [0.15, 0.2) is 0 Å². The molecule has 0 spiro atoms. The zero-order valence-electron chi connectivity index (χ0n) is 8.41. The molecule has 1 N–H and O–H groups in total. The summed E-state index contributed by atoms with van der Waals surface area (Å²) in [7, 11) is 0. The molecule has 2 heterocycles. The van der Waals surface area contributed by atoms with Gasteiger partial charge in [0.05, 0.1) is 0 Å². The van der Waals surface area contributed by atoms with Gasteiger partial charge in [0.25, 0.3) is 0 Å². The summed E-state index contributed by atoms with van der Waals surface area (Å²) in [6, 6.07) is 2.77. The van der Waals surface area contributed by atoms with E-state index in [1.807, 2.05) is 12.4 Å². The Labute approximate surface area is 97.9 Å². The molecule has 1 aromatic heterocycles. The number of rotatable bonds is 1. The molecule has 3 rings (SSSR count).